The molecular weight excluding hydrogens is 328 g/mol. The Kier molecular flexibility index (Phi) is 3.84. The molecule has 0 radical (unpaired) electrons. The van der Waals surface area contributed by atoms with Gasteiger partial charge in [0, 0.05) is 36.1 Å². The Morgan fingerprint density at radius 1 is 1.00 bits per heavy atom. The SMILES string of the molecule is COc1ccc2c3c(cccc13)OC(=Nc1ccc(N(C)C)cc1)C2=O. The van der Waals surface area contributed by atoms with E-state index in [0.29, 0.717) is 22.7 Å². The van der Waals surface area contributed by atoms with Crippen molar-refractivity contribution in [1.29, 1.82) is 0 Å². The Labute approximate surface area is 151 Å². The number of methoxy groups -OCH3 is 1. The zero-order valence-corrected chi connectivity index (χ0v) is 14.8. The van der Waals surface area contributed by atoms with Gasteiger partial charge in [0.15, 0.2) is 0 Å². The van der Waals surface area contributed by atoms with Gasteiger partial charge in [-0.1, -0.05) is 12.1 Å². The van der Waals surface area contributed by atoms with Crippen molar-refractivity contribution >= 4 is 33.8 Å². The van der Waals surface area contributed by atoms with Gasteiger partial charge in [0.2, 0.25) is 5.78 Å². The molecule has 0 aliphatic carbocycles. The van der Waals surface area contributed by atoms with Crippen LogP contribution in [0.1, 0.15) is 10.4 Å². The van der Waals surface area contributed by atoms with Gasteiger partial charge in [0.05, 0.1) is 12.8 Å². The first-order chi connectivity index (χ1) is 12.6. The Balaban J connectivity index is 1.78. The first kappa shape index (κ1) is 16.1. The molecule has 0 saturated carbocycles. The van der Waals surface area contributed by atoms with Crippen LogP contribution in [0.3, 0.4) is 0 Å². The minimum atomic E-state index is -0.229. The van der Waals surface area contributed by atoms with Gasteiger partial charge in [-0.2, -0.15) is 0 Å². The smallest absolute Gasteiger partial charge is 0.269 e. The summed E-state index contributed by atoms with van der Waals surface area (Å²) in [6.07, 6.45) is 0. The number of aliphatic imine (C=N–C) groups is 1. The first-order valence-electron chi connectivity index (χ1n) is 8.27. The summed E-state index contributed by atoms with van der Waals surface area (Å²) in [6.45, 7) is 0. The molecule has 0 N–H and O–H groups in total. The zero-order valence-electron chi connectivity index (χ0n) is 14.8. The van der Waals surface area contributed by atoms with E-state index in [1.54, 1.807) is 19.2 Å². The molecule has 5 nitrogen and oxygen atoms in total. The molecule has 0 saturated heterocycles. The molecule has 26 heavy (non-hydrogen) atoms. The maximum absolute atomic E-state index is 12.9. The number of hydrogen-bond donors (Lipinski definition) is 0. The van der Waals surface area contributed by atoms with Gasteiger partial charge in [0.25, 0.3) is 5.90 Å². The van der Waals surface area contributed by atoms with Gasteiger partial charge < -0.3 is 14.4 Å². The monoisotopic (exact) mass is 346 g/mol. The van der Waals surface area contributed by atoms with Crippen LogP contribution in [0.25, 0.3) is 10.8 Å². The lowest BCUT2D eigenvalue weighted by atomic mass is 9.97. The van der Waals surface area contributed by atoms with E-state index in [0.717, 1.165) is 16.5 Å². The third-order valence-electron chi connectivity index (χ3n) is 4.42. The second-order valence-corrected chi connectivity index (χ2v) is 6.25. The van der Waals surface area contributed by atoms with Gasteiger partial charge in [-0.15, -0.1) is 0 Å². The number of ketones is 1. The van der Waals surface area contributed by atoms with Crippen LogP contribution >= 0.6 is 0 Å². The fraction of sp³-hybridized carbons (Fsp3) is 0.143. The zero-order chi connectivity index (χ0) is 18.3. The molecule has 4 rings (SSSR count). The first-order valence-corrected chi connectivity index (χ1v) is 8.27. The quantitative estimate of drug-likeness (QED) is 0.712. The van der Waals surface area contributed by atoms with Crippen LogP contribution in [0.5, 0.6) is 11.5 Å². The predicted molar refractivity (Wildman–Crippen MR) is 103 cm³/mol. The summed E-state index contributed by atoms with van der Waals surface area (Å²) in [5.41, 5.74) is 2.31. The van der Waals surface area contributed by atoms with Crippen molar-refractivity contribution in [3.8, 4) is 11.5 Å². The minimum Gasteiger partial charge on any atom is -0.496 e. The molecule has 0 atom stereocenters. The number of Topliss-reactive ketones (excluding diaryl/α,β-unsaturated/α-hetero) is 1. The highest BCUT2D eigenvalue weighted by atomic mass is 16.5. The highest BCUT2D eigenvalue weighted by molar-refractivity contribution is 6.47. The maximum atomic E-state index is 12.9. The normalized spacial score (nSPS) is 14.4. The van der Waals surface area contributed by atoms with Gasteiger partial charge in [0.1, 0.15) is 11.5 Å². The van der Waals surface area contributed by atoms with Crippen LogP contribution in [0.2, 0.25) is 0 Å². The van der Waals surface area contributed by atoms with Crippen molar-refractivity contribution < 1.29 is 14.3 Å². The van der Waals surface area contributed by atoms with E-state index in [-0.39, 0.29) is 11.7 Å². The fourth-order valence-corrected chi connectivity index (χ4v) is 3.08. The predicted octanol–water partition coefficient (Wildman–Crippen LogP) is 4.22. The molecule has 1 heterocycles. The summed E-state index contributed by atoms with van der Waals surface area (Å²) in [7, 11) is 5.56. The summed E-state index contributed by atoms with van der Waals surface area (Å²) < 4.78 is 11.2. The number of anilines is 1. The number of ether oxygens (including phenoxy) is 2. The molecule has 1 aliphatic rings. The van der Waals surface area contributed by atoms with Gasteiger partial charge in [-0.3, -0.25) is 4.79 Å². The molecule has 130 valence electrons. The third kappa shape index (κ3) is 2.58. The Bertz CT molecular complexity index is 1040. The van der Waals surface area contributed by atoms with E-state index in [9.17, 15) is 4.79 Å². The van der Waals surface area contributed by atoms with Crippen LogP contribution in [-0.2, 0) is 0 Å². The molecule has 0 aromatic heterocycles. The third-order valence-corrected chi connectivity index (χ3v) is 4.42. The van der Waals surface area contributed by atoms with E-state index >= 15 is 0 Å². The topological polar surface area (TPSA) is 51.1 Å². The number of carbonyl (C=O) groups excluding carboxylic acids is 1. The Morgan fingerprint density at radius 2 is 1.77 bits per heavy atom. The summed E-state index contributed by atoms with van der Waals surface area (Å²) in [6, 6.07) is 16.8. The number of hydrogen-bond acceptors (Lipinski definition) is 5. The lowest BCUT2D eigenvalue weighted by molar-refractivity contribution is 0.104. The number of carbonyl (C=O) groups is 1. The molecular formula is C21H18N2O3. The molecule has 0 spiro atoms. The average Bonchev–Trinajstić information content (AvgIpc) is 2.66. The summed E-state index contributed by atoms with van der Waals surface area (Å²) in [4.78, 5) is 19.3. The maximum Gasteiger partial charge on any atom is 0.269 e. The number of rotatable bonds is 3. The molecule has 0 amide bonds. The molecule has 0 bridgehead atoms. The summed E-state index contributed by atoms with van der Waals surface area (Å²) >= 11 is 0. The van der Waals surface area contributed by atoms with Crippen LogP contribution in [-0.4, -0.2) is 32.9 Å². The molecule has 0 unspecified atom stereocenters. The van der Waals surface area contributed by atoms with E-state index in [2.05, 4.69) is 4.99 Å². The standard InChI is InChI=1S/C21H18N2O3/c1-23(2)14-9-7-13(8-10-14)22-21-20(24)16-11-12-17(25-3)15-5-4-6-18(26-21)19(15)16/h4-12H,1-3H3. The van der Waals surface area contributed by atoms with Crippen molar-refractivity contribution in [2.24, 2.45) is 4.99 Å². The molecule has 0 fully saturated rings. The second kappa shape index (κ2) is 6.19. The minimum absolute atomic E-state index is 0.0766. The van der Waals surface area contributed by atoms with Crippen molar-refractivity contribution in [2.75, 3.05) is 26.1 Å². The number of nitrogens with zero attached hydrogens (tertiary/aromatic N) is 2. The molecule has 5 heteroatoms. The van der Waals surface area contributed by atoms with Crippen LogP contribution in [0.15, 0.2) is 59.6 Å². The highest BCUT2D eigenvalue weighted by Gasteiger charge is 2.28. The second-order valence-electron chi connectivity index (χ2n) is 6.25. The lowest BCUT2D eigenvalue weighted by Gasteiger charge is -2.19. The Morgan fingerprint density at radius 3 is 2.46 bits per heavy atom. The Hall–Kier alpha value is -3.34. The molecule has 1 aliphatic heterocycles. The van der Waals surface area contributed by atoms with E-state index in [1.807, 2.05) is 61.5 Å². The molecule has 3 aromatic rings. The largest absolute Gasteiger partial charge is 0.496 e. The van der Waals surface area contributed by atoms with Crippen molar-refractivity contribution in [3.63, 3.8) is 0 Å². The van der Waals surface area contributed by atoms with Gasteiger partial charge in [-0.25, -0.2) is 4.99 Å². The lowest BCUT2D eigenvalue weighted by Crippen LogP contribution is -2.25. The number of benzene rings is 3. The highest BCUT2D eigenvalue weighted by Crippen LogP contribution is 2.38. The van der Waals surface area contributed by atoms with Crippen LogP contribution in [0, 0.1) is 0 Å². The van der Waals surface area contributed by atoms with Gasteiger partial charge in [-0.05, 0) is 42.5 Å². The van der Waals surface area contributed by atoms with E-state index < -0.39 is 0 Å². The van der Waals surface area contributed by atoms with Crippen LogP contribution < -0.4 is 14.4 Å². The molecule has 3 aromatic carbocycles. The average molecular weight is 346 g/mol. The van der Waals surface area contributed by atoms with Crippen LogP contribution in [0.4, 0.5) is 11.4 Å². The summed E-state index contributed by atoms with van der Waals surface area (Å²) in [5, 5.41) is 1.61. The van der Waals surface area contributed by atoms with E-state index in [1.165, 1.54) is 0 Å². The van der Waals surface area contributed by atoms with Gasteiger partial charge >= 0.3 is 0 Å². The van der Waals surface area contributed by atoms with Crippen molar-refractivity contribution in [3.05, 3.63) is 60.2 Å². The van der Waals surface area contributed by atoms with Crippen molar-refractivity contribution in [2.45, 2.75) is 0 Å². The van der Waals surface area contributed by atoms with Crippen molar-refractivity contribution in [1.82, 2.24) is 0 Å². The van der Waals surface area contributed by atoms with E-state index in [4.69, 9.17) is 9.47 Å². The summed E-state index contributed by atoms with van der Waals surface area (Å²) in [5.74, 6) is 1.17. The fourth-order valence-electron chi connectivity index (χ4n) is 3.08.